The maximum atomic E-state index is 9.24. The van der Waals surface area contributed by atoms with Crippen molar-refractivity contribution in [3.8, 4) is 5.75 Å². The van der Waals surface area contributed by atoms with Crippen LogP contribution in [0.5, 0.6) is 5.75 Å². The van der Waals surface area contributed by atoms with Crippen LogP contribution in [0.2, 0.25) is 10.0 Å². The minimum absolute atomic E-state index is 0.166. The van der Waals surface area contributed by atoms with Crippen LogP contribution < -0.4 is 4.74 Å². The summed E-state index contributed by atoms with van der Waals surface area (Å²) in [7, 11) is 0. The Morgan fingerprint density at radius 2 is 2.17 bits per heavy atom. The van der Waals surface area contributed by atoms with Gasteiger partial charge in [0.25, 0.3) is 0 Å². The molecule has 0 bridgehead atoms. The van der Waals surface area contributed by atoms with Crippen LogP contribution in [-0.4, -0.2) is 21.3 Å². The van der Waals surface area contributed by atoms with Gasteiger partial charge in [-0.15, -0.1) is 0 Å². The summed E-state index contributed by atoms with van der Waals surface area (Å²) in [5.74, 6) is 0.476. The summed E-state index contributed by atoms with van der Waals surface area (Å²) in [4.78, 5) is 3.93. The van der Waals surface area contributed by atoms with Crippen LogP contribution in [0.1, 0.15) is 5.56 Å². The highest BCUT2D eigenvalue weighted by atomic mass is 35.5. The lowest BCUT2D eigenvalue weighted by Gasteiger charge is -2.12. The van der Waals surface area contributed by atoms with E-state index < -0.39 is 0 Å². The molecular weight excluding hydrogens is 275 g/mol. The zero-order valence-electron chi connectivity index (χ0n) is 9.51. The van der Waals surface area contributed by atoms with E-state index in [2.05, 4.69) is 4.98 Å². The van der Waals surface area contributed by atoms with E-state index in [1.54, 1.807) is 24.7 Å². The summed E-state index contributed by atoms with van der Waals surface area (Å²) in [6.45, 7) is 0.926. The van der Waals surface area contributed by atoms with E-state index in [9.17, 15) is 5.11 Å². The van der Waals surface area contributed by atoms with Gasteiger partial charge in [0.2, 0.25) is 0 Å². The van der Waals surface area contributed by atoms with E-state index in [0.29, 0.717) is 34.5 Å². The van der Waals surface area contributed by atoms with E-state index >= 15 is 0 Å². The first-order valence-electron chi connectivity index (χ1n) is 5.38. The molecule has 2 rings (SSSR count). The van der Waals surface area contributed by atoms with Crippen molar-refractivity contribution in [1.82, 2.24) is 9.55 Å². The van der Waals surface area contributed by atoms with Gasteiger partial charge in [0.15, 0.2) is 0 Å². The molecular formula is C12H12Cl2N2O2. The second-order valence-corrected chi connectivity index (χ2v) is 4.53. The first-order valence-corrected chi connectivity index (χ1v) is 6.13. The molecule has 0 aliphatic heterocycles. The highest BCUT2D eigenvalue weighted by molar-refractivity contribution is 6.35. The Hall–Kier alpha value is -1.23. The molecule has 6 heteroatoms. The predicted octanol–water partition coefficient (Wildman–Crippen LogP) is 2.76. The first-order chi connectivity index (χ1) is 8.70. The molecule has 18 heavy (non-hydrogen) atoms. The fourth-order valence-electron chi connectivity index (χ4n) is 1.56. The fourth-order valence-corrected chi connectivity index (χ4v) is 2.15. The number of nitrogens with zero attached hydrogens (tertiary/aromatic N) is 2. The van der Waals surface area contributed by atoms with Crippen molar-refractivity contribution < 1.29 is 9.84 Å². The van der Waals surface area contributed by atoms with Gasteiger partial charge in [0.1, 0.15) is 12.4 Å². The fraction of sp³-hybridized carbons (Fsp3) is 0.250. The third kappa shape index (κ3) is 3.16. The second kappa shape index (κ2) is 6.09. The standard InChI is InChI=1S/C12H12Cl2N2O2/c13-10-5-9(7-17)12(11(14)6-10)18-4-3-16-2-1-15-8-16/h1-2,5-6,8,17H,3-4,7H2. The lowest BCUT2D eigenvalue weighted by molar-refractivity contribution is 0.258. The first kappa shape index (κ1) is 13.2. The lowest BCUT2D eigenvalue weighted by atomic mass is 10.2. The molecule has 0 fully saturated rings. The van der Waals surface area contributed by atoms with Crippen molar-refractivity contribution in [3.63, 3.8) is 0 Å². The maximum absolute atomic E-state index is 9.24. The second-order valence-electron chi connectivity index (χ2n) is 3.68. The van der Waals surface area contributed by atoms with Crippen LogP contribution in [-0.2, 0) is 13.2 Å². The number of aliphatic hydroxyl groups is 1. The Bertz CT molecular complexity index is 515. The van der Waals surface area contributed by atoms with E-state index in [1.807, 2.05) is 10.8 Å². The molecule has 0 radical (unpaired) electrons. The zero-order valence-corrected chi connectivity index (χ0v) is 11.0. The minimum Gasteiger partial charge on any atom is -0.490 e. The molecule has 0 aliphatic carbocycles. The van der Waals surface area contributed by atoms with Gasteiger partial charge < -0.3 is 14.4 Å². The molecule has 4 nitrogen and oxygen atoms in total. The normalized spacial score (nSPS) is 10.6. The third-order valence-electron chi connectivity index (χ3n) is 2.41. The van der Waals surface area contributed by atoms with Crippen molar-refractivity contribution in [3.05, 3.63) is 46.5 Å². The van der Waals surface area contributed by atoms with Crippen molar-refractivity contribution in [2.45, 2.75) is 13.2 Å². The molecule has 0 spiro atoms. The average molecular weight is 287 g/mol. The maximum Gasteiger partial charge on any atom is 0.143 e. The Kier molecular flexibility index (Phi) is 4.47. The molecule has 1 aromatic heterocycles. The van der Waals surface area contributed by atoms with Crippen molar-refractivity contribution in [2.75, 3.05) is 6.61 Å². The lowest BCUT2D eigenvalue weighted by Crippen LogP contribution is -2.08. The number of benzene rings is 1. The highest BCUT2D eigenvalue weighted by Crippen LogP contribution is 2.32. The zero-order chi connectivity index (χ0) is 13.0. The molecule has 2 aromatic rings. The van der Waals surface area contributed by atoms with Gasteiger partial charge in [-0.25, -0.2) is 4.98 Å². The van der Waals surface area contributed by atoms with Crippen LogP contribution in [0.3, 0.4) is 0 Å². The number of imidazole rings is 1. The summed E-state index contributed by atoms with van der Waals surface area (Å²) < 4.78 is 7.48. The molecule has 96 valence electrons. The summed E-state index contributed by atoms with van der Waals surface area (Å²) in [6, 6.07) is 3.23. The Balaban J connectivity index is 2.04. The monoisotopic (exact) mass is 286 g/mol. The molecule has 0 saturated heterocycles. The van der Waals surface area contributed by atoms with Crippen LogP contribution in [0.4, 0.5) is 0 Å². The van der Waals surface area contributed by atoms with Crippen molar-refractivity contribution >= 4 is 23.2 Å². The Morgan fingerprint density at radius 1 is 1.33 bits per heavy atom. The van der Waals surface area contributed by atoms with Crippen molar-refractivity contribution in [1.29, 1.82) is 0 Å². The third-order valence-corrected chi connectivity index (χ3v) is 2.91. The summed E-state index contributed by atoms with van der Waals surface area (Å²) in [6.07, 6.45) is 5.26. The van der Waals surface area contributed by atoms with Crippen LogP contribution >= 0.6 is 23.2 Å². The number of rotatable bonds is 5. The number of aromatic nitrogens is 2. The number of hydrogen-bond donors (Lipinski definition) is 1. The quantitative estimate of drug-likeness (QED) is 0.919. The molecule has 1 N–H and O–H groups in total. The van der Waals surface area contributed by atoms with Gasteiger partial charge in [-0.2, -0.15) is 0 Å². The molecule has 0 unspecified atom stereocenters. The van der Waals surface area contributed by atoms with Crippen LogP contribution in [0.15, 0.2) is 30.9 Å². The minimum atomic E-state index is -0.166. The number of aliphatic hydroxyl groups excluding tert-OH is 1. The molecule has 0 saturated carbocycles. The van der Waals surface area contributed by atoms with E-state index in [0.717, 1.165) is 0 Å². The summed E-state index contributed by atoms with van der Waals surface area (Å²) >= 11 is 11.9. The SMILES string of the molecule is OCc1cc(Cl)cc(Cl)c1OCCn1ccnc1. The van der Waals surface area contributed by atoms with Gasteiger partial charge >= 0.3 is 0 Å². The van der Waals surface area contributed by atoms with E-state index in [4.69, 9.17) is 27.9 Å². The summed E-state index contributed by atoms with van der Waals surface area (Å²) in [5, 5.41) is 10.1. The molecule has 1 aromatic carbocycles. The van der Waals surface area contributed by atoms with Gasteiger partial charge in [-0.05, 0) is 12.1 Å². The van der Waals surface area contributed by atoms with Gasteiger partial charge in [-0.3, -0.25) is 0 Å². The smallest absolute Gasteiger partial charge is 0.143 e. The molecule has 0 amide bonds. The van der Waals surface area contributed by atoms with Crippen LogP contribution in [0.25, 0.3) is 0 Å². The highest BCUT2D eigenvalue weighted by Gasteiger charge is 2.10. The van der Waals surface area contributed by atoms with Crippen molar-refractivity contribution in [2.24, 2.45) is 0 Å². The molecule has 0 aliphatic rings. The van der Waals surface area contributed by atoms with Gasteiger partial charge in [-0.1, -0.05) is 23.2 Å². The Labute approximate surface area is 115 Å². The molecule has 0 atom stereocenters. The van der Waals surface area contributed by atoms with E-state index in [1.165, 1.54) is 0 Å². The summed E-state index contributed by atoms with van der Waals surface area (Å²) in [5.41, 5.74) is 0.582. The Morgan fingerprint density at radius 3 is 2.83 bits per heavy atom. The number of ether oxygens (including phenoxy) is 1. The molecule has 1 heterocycles. The van der Waals surface area contributed by atoms with Gasteiger partial charge in [0.05, 0.1) is 24.5 Å². The largest absolute Gasteiger partial charge is 0.490 e. The predicted molar refractivity (Wildman–Crippen MR) is 70.1 cm³/mol. The number of hydrogen-bond acceptors (Lipinski definition) is 3. The topological polar surface area (TPSA) is 47.3 Å². The van der Waals surface area contributed by atoms with E-state index in [-0.39, 0.29) is 6.61 Å². The average Bonchev–Trinajstić information content (AvgIpc) is 2.84. The van der Waals surface area contributed by atoms with Crippen LogP contribution in [0, 0.1) is 0 Å². The number of halogens is 2. The van der Waals surface area contributed by atoms with Gasteiger partial charge in [0, 0.05) is 23.0 Å².